The van der Waals surface area contributed by atoms with E-state index >= 15 is 0 Å². The molecule has 0 unspecified atom stereocenters. The normalized spacial score (nSPS) is 10.9. The summed E-state index contributed by atoms with van der Waals surface area (Å²) >= 11 is 1.43. The number of nitrogens with zero attached hydrogens (tertiary/aromatic N) is 2. The van der Waals surface area contributed by atoms with Crippen LogP contribution < -0.4 is 5.32 Å². The van der Waals surface area contributed by atoms with Crippen molar-refractivity contribution in [3.8, 4) is 6.19 Å². The fourth-order valence-electron chi connectivity index (χ4n) is 0.592. The third-order valence-corrected chi connectivity index (χ3v) is 1.74. The molecule has 0 bridgehead atoms. The van der Waals surface area contributed by atoms with Gasteiger partial charge < -0.3 is 4.74 Å². The zero-order valence-corrected chi connectivity index (χ0v) is 8.15. The summed E-state index contributed by atoms with van der Waals surface area (Å²) in [5.41, 5.74) is 0. The van der Waals surface area contributed by atoms with Crippen LogP contribution in [-0.2, 0) is 4.74 Å². The van der Waals surface area contributed by atoms with Gasteiger partial charge in [-0.05, 0) is 12.7 Å². The van der Waals surface area contributed by atoms with Gasteiger partial charge in [-0.3, -0.25) is 10.3 Å². The second-order valence-corrected chi connectivity index (χ2v) is 2.77. The van der Waals surface area contributed by atoms with Crippen LogP contribution in [0.2, 0.25) is 0 Å². The Bertz CT molecular complexity index is 176. The number of thioether (sulfide) groups is 1. The lowest BCUT2D eigenvalue weighted by atomic mass is 10.5. The first-order valence-corrected chi connectivity index (χ1v) is 4.80. The largest absolute Gasteiger partial charge is 0.385 e. The Morgan fingerprint density at radius 3 is 3.00 bits per heavy atom. The second kappa shape index (κ2) is 8.37. The summed E-state index contributed by atoms with van der Waals surface area (Å²) in [5, 5.41) is 11.4. The lowest BCUT2D eigenvalue weighted by Crippen LogP contribution is -2.13. The second-order valence-electron chi connectivity index (χ2n) is 1.97. The molecule has 0 aliphatic heterocycles. The molecule has 0 spiro atoms. The molecule has 0 heterocycles. The van der Waals surface area contributed by atoms with Crippen molar-refractivity contribution in [3.63, 3.8) is 0 Å². The first kappa shape index (κ1) is 11.3. The quantitative estimate of drug-likeness (QED) is 0.233. The molecule has 0 radical (unpaired) electrons. The van der Waals surface area contributed by atoms with E-state index in [1.165, 1.54) is 11.8 Å². The summed E-state index contributed by atoms with van der Waals surface area (Å²) in [5.74, 6) is 0. The van der Waals surface area contributed by atoms with Crippen LogP contribution in [0.3, 0.4) is 0 Å². The Kier molecular flexibility index (Phi) is 7.86. The van der Waals surface area contributed by atoms with E-state index in [1.54, 1.807) is 7.11 Å². The number of ether oxygens (including phenoxy) is 1. The van der Waals surface area contributed by atoms with E-state index < -0.39 is 0 Å². The van der Waals surface area contributed by atoms with Crippen molar-refractivity contribution in [2.45, 2.75) is 6.42 Å². The van der Waals surface area contributed by atoms with Crippen LogP contribution >= 0.6 is 11.8 Å². The summed E-state index contributed by atoms with van der Waals surface area (Å²) in [7, 11) is 1.66. The highest BCUT2D eigenvalue weighted by Crippen LogP contribution is 1.94. The van der Waals surface area contributed by atoms with Crippen molar-refractivity contribution < 1.29 is 4.74 Å². The predicted octanol–water partition coefficient (Wildman–Crippen LogP) is 0.813. The van der Waals surface area contributed by atoms with Gasteiger partial charge in [-0.1, -0.05) is 11.8 Å². The lowest BCUT2D eigenvalue weighted by molar-refractivity contribution is 0.197. The standard InChI is InChI=1S/C7H13N3OS/c1-11-5-3-4-9-7(12-2)10-6-8/h3-5H2,1-2H3,(H,9,10). The van der Waals surface area contributed by atoms with E-state index in [4.69, 9.17) is 10.00 Å². The van der Waals surface area contributed by atoms with Crippen molar-refractivity contribution >= 4 is 16.9 Å². The van der Waals surface area contributed by atoms with Gasteiger partial charge >= 0.3 is 0 Å². The van der Waals surface area contributed by atoms with Crippen LogP contribution in [-0.4, -0.2) is 31.7 Å². The maximum atomic E-state index is 8.29. The number of methoxy groups -OCH3 is 1. The summed E-state index contributed by atoms with van der Waals surface area (Å²) in [6.07, 6.45) is 4.58. The maximum absolute atomic E-state index is 8.29. The molecule has 0 fully saturated rings. The van der Waals surface area contributed by atoms with Gasteiger partial charge in [0.2, 0.25) is 0 Å². The predicted molar refractivity (Wildman–Crippen MR) is 51.1 cm³/mol. The summed E-state index contributed by atoms with van der Waals surface area (Å²) < 4.78 is 4.86. The Balaban J connectivity index is 3.56. The minimum Gasteiger partial charge on any atom is -0.385 e. The summed E-state index contributed by atoms with van der Waals surface area (Å²) in [6, 6.07) is 0. The summed E-state index contributed by atoms with van der Waals surface area (Å²) in [6.45, 7) is 1.40. The number of rotatable bonds is 4. The molecule has 0 rings (SSSR count). The molecule has 0 aromatic carbocycles. The molecule has 0 saturated carbocycles. The lowest BCUT2D eigenvalue weighted by Gasteiger charge is -1.98. The zero-order chi connectivity index (χ0) is 9.23. The van der Waals surface area contributed by atoms with E-state index in [1.807, 2.05) is 12.4 Å². The number of nitrogens with one attached hydrogen (secondary N) is 1. The molecular weight excluding hydrogens is 174 g/mol. The molecule has 0 aliphatic carbocycles. The molecule has 1 N–H and O–H groups in total. The van der Waals surface area contributed by atoms with Crippen LogP contribution in [0, 0.1) is 11.5 Å². The highest BCUT2D eigenvalue weighted by atomic mass is 32.2. The van der Waals surface area contributed by atoms with Gasteiger partial charge in [0.15, 0.2) is 11.4 Å². The number of hydrogen-bond acceptors (Lipinski definition) is 4. The minimum atomic E-state index is 0.661. The topological polar surface area (TPSA) is 57.4 Å². The maximum Gasteiger partial charge on any atom is 0.183 e. The van der Waals surface area contributed by atoms with E-state index in [-0.39, 0.29) is 0 Å². The number of amidine groups is 1. The number of hydrogen-bond donors (Lipinski definition) is 1. The van der Waals surface area contributed by atoms with E-state index in [0.717, 1.165) is 6.42 Å². The molecule has 12 heavy (non-hydrogen) atoms. The van der Waals surface area contributed by atoms with Gasteiger partial charge in [-0.15, -0.1) is 0 Å². The van der Waals surface area contributed by atoms with Crippen molar-refractivity contribution in [2.75, 3.05) is 26.5 Å². The molecule has 4 nitrogen and oxygen atoms in total. The Morgan fingerprint density at radius 1 is 1.75 bits per heavy atom. The zero-order valence-electron chi connectivity index (χ0n) is 7.33. The molecule has 68 valence electrons. The average Bonchev–Trinajstić information content (AvgIpc) is 2.10. The first-order chi connectivity index (χ1) is 5.85. The van der Waals surface area contributed by atoms with Crippen LogP contribution in [0.25, 0.3) is 0 Å². The van der Waals surface area contributed by atoms with Crippen LogP contribution in [0.1, 0.15) is 6.42 Å². The Morgan fingerprint density at radius 2 is 2.50 bits per heavy atom. The third-order valence-electron chi connectivity index (χ3n) is 1.12. The van der Waals surface area contributed by atoms with Crippen molar-refractivity contribution in [1.29, 1.82) is 5.26 Å². The molecule has 0 saturated heterocycles. The molecule has 0 aromatic heterocycles. The number of aliphatic imine (C=N–C) groups is 1. The smallest absolute Gasteiger partial charge is 0.183 e. The van der Waals surface area contributed by atoms with E-state index in [9.17, 15) is 0 Å². The molecule has 0 atom stereocenters. The SMILES string of the molecule is COCCCN=C(NC#N)SC. The monoisotopic (exact) mass is 187 g/mol. The molecule has 0 aliphatic rings. The van der Waals surface area contributed by atoms with Gasteiger partial charge in [0.05, 0.1) is 0 Å². The van der Waals surface area contributed by atoms with Crippen LogP contribution in [0.4, 0.5) is 0 Å². The average molecular weight is 187 g/mol. The van der Waals surface area contributed by atoms with Gasteiger partial charge in [-0.25, -0.2) is 0 Å². The first-order valence-electron chi connectivity index (χ1n) is 3.57. The molecule has 0 aromatic rings. The fourth-order valence-corrected chi connectivity index (χ4v) is 0.961. The molecule has 0 amide bonds. The van der Waals surface area contributed by atoms with Crippen LogP contribution in [0.15, 0.2) is 4.99 Å². The van der Waals surface area contributed by atoms with Gasteiger partial charge in [-0.2, -0.15) is 5.26 Å². The molecular formula is C7H13N3OS. The van der Waals surface area contributed by atoms with Crippen molar-refractivity contribution in [2.24, 2.45) is 4.99 Å². The van der Waals surface area contributed by atoms with Crippen molar-refractivity contribution in [3.05, 3.63) is 0 Å². The van der Waals surface area contributed by atoms with Gasteiger partial charge in [0.25, 0.3) is 0 Å². The fraction of sp³-hybridized carbons (Fsp3) is 0.714. The van der Waals surface area contributed by atoms with Crippen LogP contribution in [0.5, 0.6) is 0 Å². The van der Waals surface area contributed by atoms with Gasteiger partial charge in [0, 0.05) is 20.3 Å². The number of nitriles is 1. The highest BCUT2D eigenvalue weighted by Gasteiger charge is 1.92. The highest BCUT2D eigenvalue weighted by molar-refractivity contribution is 8.13. The van der Waals surface area contributed by atoms with E-state index in [2.05, 4.69) is 10.3 Å². The third kappa shape index (κ3) is 6.01. The summed E-state index contributed by atoms with van der Waals surface area (Å²) in [4.78, 5) is 4.14. The van der Waals surface area contributed by atoms with Crippen molar-refractivity contribution in [1.82, 2.24) is 5.32 Å². The van der Waals surface area contributed by atoms with Gasteiger partial charge in [0.1, 0.15) is 0 Å². The molecule has 5 heteroatoms. The Hall–Kier alpha value is -0.730. The van der Waals surface area contributed by atoms with E-state index in [0.29, 0.717) is 18.3 Å². The minimum absolute atomic E-state index is 0.661. The Labute approximate surface area is 77.0 Å².